The summed E-state index contributed by atoms with van der Waals surface area (Å²) in [5, 5.41) is 1.76. The van der Waals surface area contributed by atoms with E-state index in [4.69, 9.17) is 10.5 Å². The lowest BCUT2D eigenvalue weighted by Gasteiger charge is -2.07. The summed E-state index contributed by atoms with van der Waals surface area (Å²) in [6.45, 7) is 5.65. The zero-order valence-corrected chi connectivity index (χ0v) is 10.7. The number of aryl methyl sites for hydroxylation is 1. The molecule has 2 N–H and O–H groups in total. The molecule has 3 nitrogen and oxygen atoms in total. The van der Waals surface area contributed by atoms with E-state index in [0.29, 0.717) is 11.3 Å². The van der Waals surface area contributed by atoms with Gasteiger partial charge in [0.1, 0.15) is 0 Å². The number of hydrogen-bond donors (Lipinski definition) is 1. The molecule has 0 saturated carbocycles. The molecule has 5 heteroatoms. The number of carbonyl (C=O) groups excluding carboxylic acids is 1. The Kier molecular flexibility index (Phi) is 5.68. The highest BCUT2D eigenvalue weighted by molar-refractivity contribution is 7.10. The monoisotopic (exact) mass is 249 g/mol. The molecule has 0 aliphatic heterocycles. The molecule has 0 spiro atoms. The van der Waals surface area contributed by atoms with Crippen LogP contribution in [0.15, 0.2) is 5.38 Å². The maximum Gasteiger partial charge on any atom is 0.341 e. The number of anilines is 1. The first kappa shape index (κ1) is 14.3. The third kappa shape index (κ3) is 3.39. The molecule has 0 fully saturated rings. The van der Waals surface area contributed by atoms with Crippen LogP contribution >= 0.6 is 23.7 Å². The average molecular weight is 250 g/mol. The van der Waals surface area contributed by atoms with Crippen molar-refractivity contribution in [3.05, 3.63) is 15.8 Å². The van der Waals surface area contributed by atoms with Crippen LogP contribution in [0.3, 0.4) is 0 Å². The van der Waals surface area contributed by atoms with Gasteiger partial charge in [0.05, 0.1) is 17.4 Å². The van der Waals surface area contributed by atoms with Gasteiger partial charge in [-0.1, -0.05) is 6.92 Å². The molecule has 0 amide bonds. The van der Waals surface area contributed by atoms with E-state index in [9.17, 15) is 4.79 Å². The Morgan fingerprint density at radius 3 is 2.60 bits per heavy atom. The number of rotatable bonds is 3. The predicted octanol–water partition coefficient (Wildman–Crippen LogP) is 2.88. The van der Waals surface area contributed by atoms with Gasteiger partial charge >= 0.3 is 5.97 Å². The largest absolute Gasteiger partial charge is 0.459 e. The van der Waals surface area contributed by atoms with Crippen molar-refractivity contribution < 1.29 is 9.53 Å². The number of thiophene rings is 1. The molecule has 0 unspecified atom stereocenters. The molecule has 1 rings (SSSR count). The van der Waals surface area contributed by atoms with Gasteiger partial charge in [0.2, 0.25) is 0 Å². The molecule has 1 heterocycles. The summed E-state index contributed by atoms with van der Waals surface area (Å²) in [5.41, 5.74) is 6.87. The van der Waals surface area contributed by atoms with Crippen LogP contribution in [0.1, 0.15) is 36.0 Å². The minimum absolute atomic E-state index is 0. The third-order valence-corrected chi connectivity index (χ3v) is 2.94. The van der Waals surface area contributed by atoms with E-state index in [1.165, 1.54) is 11.3 Å². The van der Waals surface area contributed by atoms with Gasteiger partial charge in [0, 0.05) is 10.3 Å². The molecular formula is C10H16ClNO2S. The lowest BCUT2D eigenvalue weighted by molar-refractivity contribution is 0.0380. The molecule has 0 bridgehead atoms. The van der Waals surface area contributed by atoms with Crippen molar-refractivity contribution in [1.82, 2.24) is 0 Å². The smallest absolute Gasteiger partial charge is 0.341 e. The van der Waals surface area contributed by atoms with E-state index >= 15 is 0 Å². The second-order valence-electron chi connectivity index (χ2n) is 3.29. The minimum atomic E-state index is -0.326. The van der Waals surface area contributed by atoms with Crippen molar-refractivity contribution in [2.24, 2.45) is 0 Å². The van der Waals surface area contributed by atoms with Gasteiger partial charge in [-0.3, -0.25) is 0 Å². The standard InChI is InChI=1S/C10H15NO2S.ClH/c1-4-8-9(11)7(5-14-8)10(12)13-6(2)3;/h5-6H,4,11H2,1-3H3;1H. The van der Waals surface area contributed by atoms with Crippen molar-refractivity contribution in [3.8, 4) is 0 Å². The number of nitrogen functional groups attached to an aromatic ring is 1. The van der Waals surface area contributed by atoms with Crippen LogP contribution < -0.4 is 5.73 Å². The van der Waals surface area contributed by atoms with E-state index in [1.54, 1.807) is 5.38 Å². The lowest BCUT2D eigenvalue weighted by Crippen LogP contribution is -2.12. The van der Waals surface area contributed by atoms with Gasteiger partial charge in [-0.15, -0.1) is 23.7 Å². The molecule has 0 aliphatic carbocycles. The van der Waals surface area contributed by atoms with Gasteiger partial charge in [0.15, 0.2) is 0 Å². The SMILES string of the molecule is CCc1scc(C(=O)OC(C)C)c1N.Cl. The first-order chi connectivity index (χ1) is 6.56. The number of nitrogens with two attached hydrogens (primary N) is 1. The molecule has 0 saturated heterocycles. The summed E-state index contributed by atoms with van der Waals surface area (Å²) < 4.78 is 5.06. The Morgan fingerprint density at radius 2 is 2.20 bits per heavy atom. The van der Waals surface area contributed by atoms with E-state index < -0.39 is 0 Å². The number of esters is 1. The van der Waals surface area contributed by atoms with Crippen LogP contribution in [-0.4, -0.2) is 12.1 Å². The quantitative estimate of drug-likeness (QED) is 0.838. The van der Waals surface area contributed by atoms with Gasteiger partial charge in [-0.05, 0) is 20.3 Å². The van der Waals surface area contributed by atoms with E-state index in [0.717, 1.165) is 11.3 Å². The second-order valence-corrected chi connectivity index (χ2v) is 4.26. The van der Waals surface area contributed by atoms with Crippen molar-refractivity contribution in [3.63, 3.8) is 0 Å². The second kappa shape index (κ2) is 5.98. The maximum absolute atomic E-state index is 11.5. The number of carbonyl (C=O) groups is 1. The van der Waals surface area contributed by atoms with Gasteiger partial charge in [-0.2, -0.15) is 0 Å². The van der Waals surface area contributed by atoms with E-state index in [2.05, 4.69) is 0 Å². The van der Waals surface area contributed by atoms with Crippen LogP contribution in [0, 0.1) is 0 Å². The third-order valence-electron chi connectivity index (χ3n) is 1.79. The minimum Gasteiger partial charge on any atom is -0.459 e. The molecule has 1 aromatic heterocycles. The summed E-state index contributed by atoms with van der Waals surface area (Å²) in [6, 6.07) is 0. The Labute approximate surface area is 100 Å². The molecule has 86 valence electrons. The van der Waals surface area contributed by atoms with Crippen molar-refractivity contribution >= 4 is 35.4 Å². The Hall–Kier alpha value is -0.740. The van der Waals surface area contributed by atoms with E-state index in [-0.39, 0.29) is 24.5 Å². The van der Waals surface area contributed by atoms with Gasteiger partial charge in [-0.25, -0.2) is 4.79 Å². The van der Waals surface area contributed by atoms with Crippen molar-refractivity contribution in [1.29, 1.82) is 0 Å². The fraction of sp³-hybridized carbons (Fsp3) is 0.500. The molecular weight excluding hydrogens is 234 g/mol. The Balaban J connectivity index is 0.00000196. The normalized spacial score (nSPS) is 9.87. The summed E-state index contributed by atoms with van der Waals surface area (Å²) in [6.07, 6.45) is 0.748. The zero-order valence-electron chi connectivity index (χ0n) is 9.07. The fourth-order valence-electron chi connectivity index (χ4n) is 1.12. The van der Waals surface area contributed by atoms with Crippen LogP contribution in [0.5, 0.6) is 0 Å². The molecule has 0 aliphatic rings. The zero-order chi connectivity index (χ0) is 10.7. The molecule has 0 atom stereocenters. The summed E-state index contributed by atoms with van der Waals surface area (Å²) >= 11 is 1.51. The van der Waals surface area contributed by atoms with E-state index in [1.807, 2.05) is 20.8 Å². The predicted molar refractivity (Wildman–Crippen MR) is 65.9 cm³/mol. The first-order valence-corrected chi connectivity index (χ1v) is 5.51. The van der Waals surface area contributed by atoms with Crippen LogP contribution in [0.4, 0.5) is 5.69 Å². The Morgan fingerprint density at radius 1 is 1.60 bits per heavy atom. The maximum atomic E-state index is 11.5. The van der Waals surface area contributed by atoms with Crippen molar-refractivity contribution in [2.45, 2.75) is 33.3 Å². The average Bonchev–Trinajstić information content (AvgIpc) is 2.45. The summed E-state index contributed by atoms with van der Waals surface area (Å²) in [7, 11) is 0. The van der Waals surface area contributed by atoms with Crippen LogP contribution in [0.25, 0.3) is 0 Å². The molecule has 1 aromatic rings. The van der Waals surface area contributed by atoms with Gasteiger partial charge < -0.3 is 10.5 Å². The molecule has 15 heavy (non-hydrogen) atoms. The summed E-state index contributed by atoms with van der Waals surface area (Å²) in [4.78, 5) is 12.6. The fourth-order valence-corrected chi connectivity index (χ4v) is 2.00. The van der Waals surface area contributed by atoms with Crippen LogP contribution in [0.2, 0.25) is 0 Å². The highest BCUT2D eigenvalue weighted by Gasteiger charge is 2.16. The van der Waals surface area contributed by atoms with Gasteiger partial charge in [0.25, 0.3) is 0 Å². The molecule has 0 aromatic carbocycles. The Bertz CT molecular complexity index is 336. The highest BCUT2D eigenvalue weighted by atomic mass is 35.5. The van der Waals surface area contributed by atoms with Crippen molar-refractivity contribution in [2.75, 3.05) is 5.73 Å². The number of halogens is 1. The highest BCUT2D eigenvalue weighted by Crippen LogP contribution is 2.26. The van der Waals surface area contributed by atoms with Crippen LogP contribution in [-0.2, 0) is 11.2 Å². The first-order valence-electron chi connectivity index (χ1n) is 4.63. The number of hydrogen-bond acceptors (Lipinski definition) is 4. The topological polar surface area (TPSA) is 52.3 Å². The number of ether oxygens (including phenoxy) is 1. The lowest BCUT2D eigenvalue weighted by atomic mass is 10.2. The molecule has 0 radical (unpaired) electrons. The summed E-state index contributed by atoms with van der Waals surface area (Å²) in [5.74, 6) is -0.326.